The lowest BCUT2D eigenvalue weighted by Crippen LogP contribution is -2.47. The van der Waals surface area contributed by atoms with E-state index in [1.54, 1.807) is 0 Å². The van der Waals surface area contributed by atoms with E-state index in [2.05, 4.69) is 4.90 Å². The Morgan fingerprint density at radius 1 is 1.41 bits per heavy atom. The molecule has 2 unspecified atom stereocenters. The van der Waals surface area contributed by atoms with Crippen molar-refractivity contribution in [1.82, 2.24) is 9.21 Å². The van der Waals surface area contributed by atoms with E-state index in [1.807, 2.05) is 14.1 Å². The molecule has 0 aromatic heterocycles. The van der Waals surface area contributed by atoms with Crippen molar-refractivity contribution < 1.29 is 27.0 Å². The summed E-state index contributed by atoms with van der Waals surface area (Å²) in [6, 6.07) is 3.68. The molecule has 0 radical (unpaired) electrons. The monoisotopic (exact) mass is 402 g/mol. The summed E-state index contributed by atoms with van der Waals surface area (Å²) in [5.41, 5.74) is -0.657. The minimum Gasteiger partial charge on any atom is -0.494 e. The van der Waals surface area contributed by atoms with Gasteiger partial charge in [-0.25, -0.2) is 12.8 Å². The molecular weight excluding hydrogens is 375 g/mol. The van der Waals surface area contributed by atoms with Gasteiger partial charge in [0.25, 0.3) is 0 Å². The summed E-state index contributed by atoms with van der Waals surface area (Å²) in [7, 11) is 1.43. The molecule has 27 heavy (non-hydrogen) atoms. The molecule has 2 atom stereocenters. The fourth-order valence-electron chi connectivity index (χ4n) is 3.69. The van der Waals surface area contributed by atoms with E-state index >= 15 is 0 Å². The first-order valence-corrected chi connectivity index (χ1v) is 10.4. The maximum atomic E-state index is 14.0. The summed E-state index contributed by atoms with van der Waals surface area (Å²) in [5, 5.41) is 0. The predicted molar refractivity (Wildman–Crippen MR) is 97.9 cm³/mol. The van der Waals surface area contributed by atoms with E-state index in [0.29, 0.717) is 6.61 Å². The normalized spacial score (nSPS) is 27.2. The van der Waals surface area contributed by atoms with Crippen LogP contribution < -0.4 is 4.74 Å². The summed E-state index contributed by atoms with van der Waals surface area (Å²) in [6.07, 6.45) is 1.63. The lowest BCUT2D eigenvalue weighted by molar-refractivity contribution is -0.0858. The number of likely N-dealkylation sites (N-methyl/N-ethyl adjacent to an activating group) is 1. The van der Waals surface area contributed by atoms with Crippen LogP contribution in [-0.4, -0.2) is 83.4 Å². The molecule has 2 fully saturated rings. The second-order valence-corrected chi connectivity index (χ2v) is 9.35. The first kappa shape index (κ1) is 20.5. The minimum absolute atomic E-state index is 0.00951. The van der Waals surface area contributed by atoms with E-state index in [9.17, 15) is 12.8 Å². The van der Waals surface area contributed by atoms with Gasteiger partial charge in [0.2, 0.25) is 10.0 Å². The number of benzene rings is 1. The molecule has 2 saturated heterocycles. The average molecular weight is 402 g/mol. The molecule has 2 aliphatic rings. The highest BCUT2D eigenvalue weighted by Gasteiger charge is 2.45. The second kappa shape index (κ2) is 8.00. The van der Waals surface area contributed by atoms with Gasteiger partial charge in [0.05, 0.1) is 31.3 Å². The van der Waals surface area contributed by atoms with Crippen LogP contribution in [0.3, 0.4) is 0 Å². The summed E-state index contributed by atoms with van der Waals surface area (Å²) in [4.78, 5) is 1.95. The van der Waals surface area contributed by atoms with Crippen molar-refractivity contribution >= 4 is 10.0 Å². The van der Waals surface area contributed by atoms with Crippen LogP contribution >= 0.6 is 0 Å². The van der Waals surface area contributed by atoms with Crippen LogP contribution in [0.15, 0.2) is 23.1 Å². The molecule has 0 amide bonds. The number of nitrogens with zero attached hydrogens (tertiary/aromatic N) is 2. The zero-order chi connectivity index (χ0) is 19.7. The molecule has 9 heteroatoms. The number of ether oxygens (including phenoxy) is 3. The zero-order valence-electron chi connectivity index (χ0n) is 16.0. The fourth-order valence-corrected chi connectivity index (χ4v) is 5.20. The maximum absolute atomic E-state index is 14.0. The van der Waals surface area contributed by atoms with Gasteiger partial charge >= 0.3 is 0 Å². The molecule has 2 aliphatic heterocycles. The van der Waals surface area contributed by atoms with Crippen molar-refractivity contribution in [3.63, 3.8) is 0 Å². The highest BCUT2D eigenvalue weighted by molar-refractivity contribution is 7.89. The van der Waals surface area contributed by atoms with Gasteiger partial charge in [-0.3, -0.25) is 0 Å². The molecular formula is C18H27FN2O5S. The number of methoxy groups -OCH3 is 1. The topological polar surface area (TPSA) is 68.3 Å². The third-order valence-corrected chi connectivity index (χ3v) is 6.82. The molecule has 1 spiro atoms. The molecule has 0 aliphatic carbocycles. The molecule has 0 N–H and O–H groups in total. The van der Waals surface area contributed by atoms with Crippen LogP contribution in [0.1, 0.15) is 12.8 Å². The predicted octanol–water partition coefficient (Wildman–Crippen LogP) is 1.33. The first-order valence-electron chi connectivity index (χ1n) is 9.00. The second-order valence-electron chi connectivity index (χ2n) is 7.41. The van der Waals surface area contributed by atoms with Crippen molar-refractivity contribution in [2.45, 2.75) is 29.4 Å². The standard InChI is InChI=1S/C18H27FN2O5S/c1-20(2)11-14-6-7-18(26-14)12-21(8-9-25-13-18)27(22,23)15-4-5-17(24-3)16(19)10-15/h4-5,10,14H,6-9,11-13H2,1-3H3. The first-order chi connectivity index (χ1) is 12.8. The van der Waals surface area contributed by atoms with Gasteiger partial charge < -0.3 is 19.1 Å². The van der Waals surface area contributed by atoms with E-state index in [1.165, 1.54) is 23.5 Å². The molecule has 7 nitrogen and oxygen atoms in total. The number of sulfonamides is 1. The Bertz CT molecular complexity index is 773. The largest absolute Gasteiger partial charge is 0.494 e. The minimum atomic E-state index is -3.87. The van der Waals surface area contributed by atoms with E-state index in [-0.39, 0.29) is 36.4 Å². The van der Waals surface area contributed by atoms with Crippen LogP contribution in [0.5, 0.6) is 5.75 Å². The third kappa shape index (κ3) is 4.43. The quantitative estimate of drug-likeness (QED) is 0.740. The van der Waals surface area contributed by atoms with Crippen LogP contribution in [0.2, 0.25) is 0 Å². The van der Waals surface area contributed by atoms with Crippen molar-refractivity contribution in [2.75, 3.05) is 54.1 Å². The van der Waals surface area contributed by atoms with Gasteiger partial charge in [0.1, 0.15) is 5.60 Å². The highest BCUT2D eigenvalue weighted by atomic mass is 32.2. The molecule has 152 valence electrons. The van der Waals surface area contributed by atoms with Gasteiger partial charge in [-0.05, 0) is 45.1 Å². The Morgan fingerprint density at radius 3 is 2.85 bits per heavy atom. The van der Waals surface area contributed by atoms with E-state index < -0.39 is 21.4 Å². The van der Waals surface area contributed by atoms with Gasteiger partial charge in [0, 0.05) is 19.6 Å². The van der Waals surface area contributed by atoms with Gasteiger partial charge in [-0.1, -0.05) is 0 Å². The van der Waals surface area contributed by atoms with Crippen LogP contribution in [0.4, 0.5) is 4.39 Å². The highest BCUT2D eigenvalue weighted by Crippen LogP contribution is 2.35. The molecule has 0 saturated carbocycles. The number of rotatable bonds is 5. The third-order valence-electron chi connectivity index (χ3n) is 4.98. The lowest BCUT2D eigenvalue weighted by atomic mass is 10.0. The Kier molecular flexibility index (Phi) is 6.07. The summed E-state index contributed by atoms with van der Waals surface area (Å²) >= 11 is 0. The smallest absolute Gasteiger partial charge is 0.243 e. The lowest BCUT2D eigenvalue weighted by Gasteiger charge is -2.32. The van der Waals surface area contributed by atoms with Crippen molar-refractivity contribution in [1.29, 1.82) is 0 Å². The van der Waals surface area contributed by atoms with Crippen molar-refractivity contribution in [3.8, 4) is 5.75 Å². The van der Waals surface area contributed by atoms with Gasteiger partial charge in [-0.2, -0.15) is 4.31 Å². The Labute approximate surface area is 160 Å². The van der Waals surface area contributed by atoms with E-state index in [4.69, 9.17) is 14.2 Å². The summed E-state index contributed by atoms with van der Waals surface area (Å²) < 4.78 is 58.3. The Hall–Kier alpha value is -1.26. The number of hydrogen-bond acceptors (Lipinski definition) is 6. The number of hydrogen-bond donors (Lipinski definition) is 0. The maximum Gasteiger partial charge on any atom is 0.243 e. The van der Waals surface area contributed by atoms with Crippen LogP contribution in [0, 0.1) is 5.82 Å². The zero-order valence-corrected chi connectivity index (χ0v) is 16.8. The van der Waals surface area contributed by atoms with Crippen molar-refractivity contribution in [3.05, 3.63) is 24.0 Å². The van der Waals surface area contributed by atoms with Crippen molar-refractivity contribution in [2.24, 2.45) is 0 Å². The summed E-state index contributed by atoms with van der Waals surface area (Å²) in [5.74, 6) is -0.696. The van der Waals surface area contributed by atoms with Crippen LogP contribution in [0.25, 0.3) is 0 Å². The van der Waals surface area contributed by atoms with Gasteiger partial charge in [0.15, 0.2) is 11.6 Å². The van der Waals surface area contributed by atoms with Crippen LogP contribution in [-0.2, 0) is 19.5 Å². The van der Waals surface area contributed by atoms with Gasteiger partial charge in [-0.15, -0.1) is 0 Å². The fraction of sp³-hybridized carbons (Fsp3) is 0.667. The Balaban J connectivity index is 1.82. The Morgan fingerprint density at radius 2 is 2.19 bits per heavy atom. The number of halogens is 1. The molecule has 1 aromatic carbocycles. The summed E-state index contributed by atoms with van der Waals surface area (Å²) in [6.45, 7) is 1.83. The molecule has 3 rings (SSSR count). The molecule has 2 heterocycles. The SMILES string of the molecule is COc1ccc(S(=O)(=O)N2CCOCC3(CCC(CN(C)C)O3)C2)cc1F. The molecule has 1 aromatic rings. The van der Waals surface area contributed by atoms with E-state index in [0.717, 1.165) is 25.5 Å². The molecule has 0 bridgehead atoms. The average Bonchev–Trinajstić information content (AvgIpc) is 2.85.